The maximum atomic E-state index is 2.24. The molecule has 0 saturated carbocycles. The first kappa shape index (κ1) is 86.8. The first-order chi connectivity index (χ1) is 71.2. The zero-order valence-electron chi connectivity index (χ0n) is 79.4. The molecule has 0 saturated heterocycles. The molecule has 0 aromatic heterocycles. The second kappa shape index (κ2) is 38.6. The van der Waals surface area contributed by atoms with Crippen molar-refractivity contribution in [1.29, 1.82) is 0 Å². The molecule has 672 valence electrons. The molecule has 0 radical (unpaired) electrons. The van der Waals surface area contributed by atoms with Crippen LogP contribution in [0.5, 0.6) is 0 Å². The largest absolute Gasteiger partial charge is 0.0538 e. The molecule has 0 atom stereocenters. The van der Waals surface area contributed by atoms with Crippen molar-refractivity contribution in [1.82, 2.24) is 0 Å². The third kappa shape index (κ3) is 18.3. The fourth-order valence-corrected chi connectivity index (χ4v) is 20.5. The molecule has 0 heterocycles. The van der Waals surface area contributed by atoms with Crippen LogP contribution in [-0.4, -0.2) is 0 Å². The van der Waals surface area contributed by atoms with Crippen LogP contribution in [0.25, 0.3) is 267 Å². The molecule has 94 rings (SSSR count). The number of hydrogen-bond acceptors (Lipinski definition) is 0. The summed E-state index contributed by atoms with van der Waals surface area (Å²) in [5, 5.41) is 0. The van der Waals surface area contributed by atoms with Crippen LogP contribution in [0.4, 0.5) is 0 Å². The van der Waals surface area contributed by atoms with Gasteiger partial charge >= 0.3 is 0 Å². The SMILES string of the molecule is c1cc2ccc1-c1ccc(cc1)-c1ccc(cc1)-c1ccc(cc1)-c1ccc(cc1)-c1ccc(cc1)-c1ccc(cc1)-c1ccc(cc1)-c1ccc(cc1)-c1ccc(cc1)-c1ccc(cc1)-c1ccc(cc1)-c1ccc(cc1)-c1ccc(cc1)-c1ccc(cc1)-c1ccc(cc1)-c1ccc(cc1)-c1ccc(cc1)-c1ccc(cc1)-c1ccc(cc1)-c1ccc(cc1)-c1ccc(cc1)-c1ccc(cc1)-c1ccc-2cc1. The quantitative estimate of drug-likeness (QED) is 0.142. The standard InChI is InChI=1S/C144H96/c1-2-98-4-3-97(1)99-5-7-101(8-6-99)103-13-15-105(16-14-103)107-21-23-109(24-22-107)111-29-31-113(32-30-111)115-37-39-117(40-38-115)119-45-47-121(48-46-119)123-53-55-125(56-54-123)127-61-63-129(64-62-127)131-69-71-133(72-70-131)135-77-79-137(80-78-135)139-85-87-141(88-86-139)143-93-95-144(96-94-143)142-91-89-140(90-92-142)138-83-81-136(82-84-138)134-75-73-132(74-76-134)130-67-65-128(66-68-130)126-59-57-124(58-60-126)122-51-49-120(50-52-122)118-43-41-116(42-44-118)114-35-33-112(34-36-114)110-27-25-108(26-28-110)106-19-17-104(18-20-106)102-11-9-100(98)10-12-102/h1-96H. The van der Waals surface area contributed by atoms with Gasteiger partial charge in [0.25, 0.3) is 0 Å². The zero-order chi connectivity index (χ0) is 95.6. The summed E-state index contributed by atoms with van der Waals surface area (Å²) in [4.78, 5) is 0. The number of rotatable bonds is 0. The predicted molar refractivity (Wildman–Crippen MR) is 610 cm³/mol. The Morgan fingerprint density at radius 1 is 0.0278 bits per heavy atom. The summed E-state index contributed by atoms with van der Waals surface area (Å²) >= 11 is 0. The van der Waals surface area contributed by atoms with Gasteiger partial charge < -0.3 is 0 Å². The van der Waals surface area contributed by atoms with E-state index in [9.17, 15) is 0 Å². The van der Waals surface area contributed by atoms with E-state index in [1.165, 1.54) is 267 Å². The summed E-state index contributed by atoms with van der Waals surface area (Å²) in [5.74, 6) is 0. The monoisotopic (exact) mass is 1820 g/mol. The van der Waals surface area contributed by atoms with Crippen molar-refractivity contribution in [3.8, 4) is 267 Å². The van der Waals surface area contributed by atoms with Gasteiger partial charge in [0.2, 0.25) is 0 Å². The minimum absolute atomic E-state index is 1.19. The van der Waals surface area contributed by atoms with E-state index in [4.69, 9.17) is 0 Å². The Morgan fingerprint density at radius 3 is 0.0556 bits per heavy atom. The first-order valence-electron chi connectivity index (χ1n) is 49.7. The minimum atomic E-state index is 1.19. The Hall–Kier alpha value is -18.7. The van der Waals surface area contributed by atoms with Crippen LogP contribution in [-0.2, 0) is 0 Å². The van der Waals surface area contributed by atoms with E-state index in [0.717, 1.165) is 0 Å². The van der Waals surface area contributed by atoms with Gasteiger partial charge in [-0.1, -0.05) is 582 Å². The van der Waals surface area contributed by atoms with Crippen LogP contribution in [0.1, 0.15) is 0 Å². The molecule has 0 unspecified atom stereocenters. The molecule has 0 nitrogen and oxygen atoms in total. The second-order valence-corrected chi connectivity index (χ2v) is 37.9. The van der Waals surface area contributed by atoms with Gasteiger partial charge in [0.15, 0.2) is 0 Å². The average molecular weight is 1830 g/mol. The van der Waals surface area contributed by atoms with Gasteiger partial charge in [-0.15, -0.1) is 0 Å². The number of hydrogen-bond donors (Lipinski definition) is 0. The molecule has 0 N–H and O–H groups in total. The normalized spacial score (nSPS) is 11.3. The van der Waals surface area contributed by atoms with Gasteiger partial charge in [0, 0.05) is 0 Å². The third-order valence-corrected chi connectivity index (χ3v) is 29.2. The molecule has 144 heavy (non-hydrogen) atoms. The van der Waals surface area contributed by atoms with Crippen molar-refractivity contribution < 1.29 is 0 Å². The molecule has 0 amide bonds. The molecular formula is C144H96. The number of benzene rings is 24. The maximum absolute atomic E-state index is 2.24. The highest BCUT2D eigenvalue weighted by atomic mass is 14.2. The summed E-state index contributed by atoms with van der Waals surface area (Å²) in [6.45, 7) is 0. The molecule has 0 spiro atoms. The first-order valence-corrected chi connectivity index (χ1v) is 49.7. The lowest BCUT2D eigenvalue weighted by molar-refractivity contribution is 1.55. The highest BCUT2D eigenvalue weighted by molar-refractivity contribution is 5.87. The summed E-state index contributed by atoms with van der Waals surface area (Å²) in [6.07, 6.45) is 0. The molecule has 24 aromatic rings. The van der Waals surface area contributed by atoms with Crippen molar-refractivity contribution in [2.24, 2.45) is 0 Å². The lowest BCUT2D eigenvalue weighted by Crippen LogP contribution is -1.85. The van der Waals surface area contributed by atoms with Gasteiger partial charge in [0.05, 0.1) is 0 Å². The van der Waals surface area contributed by atoms with Gasteiger partial charge in [-0.3, -0.25) is 0 Å². The Kier molecular flexibility index (Phi) is 23.3. The van der Waals surface area contributed by atoms with Crippen molar-refractivity contribution in [2.75, 3.05) is 0 Å². The van der Waals surface area contributed by atoms with Gasteiger partial charge in [-0.05, 0) is 267 Å². The van der Waals surface area contributed by atoms with Crippen molar-refractivity contribution in [3.63, 3.8) is 0 Å². The summed E-state index contributed by atoms with van der Waals surface area (Å²) in [7, 11) is 0. The van der Waals surface area contributed by atoms with Crippen LogP contribution in [0.2, 0.25) is 0 Å². The maximum Gasteiger partial charge on any atom is -0.0184 e. The van der Waals surface area contributed by atoms with E-state index in [-0.39, 0.29) is 0 Å². The molecule has 24 aromatic carbocycles. The second-order valence-electron chi connectivity index (χ2n) is 37.9. The Morgan fingerprint density at radius 2 is 0.0417 bits per heavy atom. The summed E-state index contributed by atoms with van der Waals surface area (Å²) < 4.78 is 0. The highest BCUT2D eigenvalue weighted by Crippen LogP contribution is 2.42. The van der Waals surface area contributed by atoms with E-state index < -0.39 is 0 Å². The molecule has 0 aliphatic heterocycles. The van der Waals surface area contributed by atoms with E-state index in [1.807, 2.05) is 0 Å². The lowest BCUT2D eigenvalue weighted by atomic mass is 9.95. The van der Waals surface area contributed by atoms with E-state index >= 15 is 0 Å². The van der Waals surface area contributed by atoms with Crippen LogP contribution in [0, 0.1) is 0 Å². The van der Waals surface area contributed by atoms with Crippen LogP contribution in [0.15, 0.2) is 582 Å². The topological polar surface area (TPSA) is 0 Å². The van der Waals surface area contributed by atoms with Gasteiger partial charge in [0.1, 0.15) is 0 Å². The van der Waals surface area contributed by atoms with E-state index in [1.54, 1.807) is 0 Å². The van der Waals surface area contributed by atoms with Crippen molar-refractivity contribution in [2.45, 2.75) is 0 Å². The molecular weight excluding hydrogens is 1730 g/mol. The van der Waals surface area contributed by atoms with Crippen molar-refractivity contribution in [3.05, 3.63) is 582 Å². The third-order valence-electron chi connectivity index (χ3n) is 29.2. The van der Waals surface area contributed by atoms with Crippen LogP contribution < -0.4 is 0 Å². The zero-order valence-corrected chi connectivity index (χ0v) is 79.4. The summed E-state index contributed by atoms with van der Waals surface area (Å²) in [6, 6.07) is 215. The molecule has 70 aliphatic carbocycles. The van der Waals surface area contributed by atoms with Gasteiger partial charge in [-0.2, -0.15) is 0 Å². The van der Waals surface area contributed by atoms with Gasteiger partial charge in [-0.25, -0.2) is 0 Å². The summed E-state index contributed by atoms with van der Waals surface area (Å²) in [5.41, 5.74) is 57.3. The Balaban J connectivity index is 0.419. The fraction of sp³-hybridized carbons (Fsp3) is 0. The fourth-order valence-electron chi connectivity index (χ4n) is 20.5. The molecule has 0 heteroatoms. The van der Waals surface area contributed by atoms with E-state index in [0.29, 0.717) is 0 Å². The Bertz CT molecular complexity index is 5730. The Labute approximate surface area is 843 Å². The average Bonchev–Trinajstić information content (AvgIpc) is 0.817. The van der Waals surface area contributed by atoms with Crippen molar-refractivity contribution >= 4 is 0 Å². The lowest BCUT2D eigenvalue weighted by Gasteiger charge is -2.10. The van der Waals surface area contributed by atoms with Crippen LogP contribution in [0.3, 0.4) is 0 Å². The molecule has 48 bridgehead atoms. The van der Waals surface area contributed by atoms with Crippen LogP contribution >= 0.6 is 0 Å². The smallest absolute Gasteiger partial charge is 0.0184 e. The highest BCUT2D eigenvalue weighted by Gasteiger charge is 2.17. The molecule has 70 aliphatic rings. The minimum Gasteiger partial charge on any atom is -0.0538 e. The van der Waals surface area contributed by atoms with E-state index in [2.05, 4.69) is 582 Å². The predicted octanol–water partition coefficient (Wildman–Crippen LogP) is 40.0. The molecule has 0 fully saturated rings.